The molecule has 0 aliphatic carbocycles. The van der Waals surface area contributed by atoms with Crippen LogP contribution in [-0.4, -0.2) is 103 Å². The maximum Gasteiger partial charge on any atom is 0.493 e. The Morgan fingerprint density at radius 3 is 2.06 bits per heavy atom. The van der Waals surface area contributed by atoms with E-state index in [4.69, 9.17) is 75.3 Å². The quantitative estimate of drug-likeness (QED) is 0.459. The smallest absolute Gasteiger partial charge is 0.493 e. The van der Waals surface area contributed by atoms with Crippen molar-refractivity contribution in [1.82, 2.24) is 0 Å². The number of hydrogen-bond donors (Lipinski definition) is 0. The third-order valence-corrected chi connectivity index (χ3v) is 5.63. The van der Waals surface area contributed by atoms with Gasteiger partial charge in [-0.1, -0.05) is 10.9 Å². The molecule has 2 heterocycles. The lowest BCUT2D eigenvalue weighted by atomic mass is 9.52. The van der Waals surface area contributed by atoms with E-state index in [9.17, 15) is 0 Å². The molecule has 0 saturated carbocycles. The first-order valence-corrected chi connectivity index (χ1v) is 9.97. The van der Waals surface area contributed by atoms with E-state index in [1.807, 2.05) is 27.7 Å². The molecule has 0 amide bonds. The lowest BCUT2D eigenvalue weighted by molar-refractivity contribution is -0.101. The van der Waals surface area contributed by atoms with E-state index in [0.29, 0.717) is 19.8 Å². The Bertz CT molecular complexity index is 805. The summed E-state index contributed by atoms with van der Waals surface area (Å²) in [7, 11) is 35.1. The number of rotatable bonds is 6. The second-order valence-electron chi connectivity index (χ2n) is 8.74. The number of benzene rings is 1. The zero-order chi connectivity index (χ0) is 23.2. The van der Waals surface area contributed by atoms with Crippen molar-refractivity contribution >= 4 is 76.0 Å². The van der Waals surface area contributed by atoms with Gasteiger partial charge in [-0.05, 0) is 38.5 Å². The highest BCUT2D eigenvalue weighted by Crippen LogP contribution is 2.36. The van der Waals surface area contributed by atoms with Crippen molar-refractivity contribution in [3.63, 3.8) is 0 Å². The first-order valence-electron chi connectivity index (χ1n) is 9.97. The number of hydrogen-bond acceptors (Lipinski definition) is 6. The Hall–Kier alpha value is -0.885. The Morgan fingerprint density at radius 1 is 0.935 bits per heavy atom. The molecule has 13 heteroatoms. The molecule has 0 aromatic heterocycles. The van der Waals surface area contributed by atoms with Crippen molar-refractivity contribution in [3.8, 4) is 11.5 Å². The van der Waals surface area contributed by atoms with Gasteiger partial charge in [-0.2, -0.15) is 0 Å². The second-order valence-corrected chi connectivity index (χ2v) is 8.74. The normalized spacial score (nSPS) is 23.0. The number of ether oxygens (including phenoxy) is 4. The van der Waals surface area contributed by atoms with Crippen LogP contribution in [0.5, 0.6) is 11.5 Å². The lowest BCUT2D eigenvalue weighted by Gasteiger charge is -2.32. The summed E-state index contributed by atoms with van der Waals surface area (Å²) in [5.41, 5.74) is -0.796. The van der Waals surface area contributed by atoms with Gasteiger partial charge < -0.3 is 28.3 Å². The molecule has 2 fully saturated rings. The molecule has 2 aliphatic heterocycles. The average molecular weight is 409 g/mol. The van der Waals surface area contributed by atoms with Crippen LogP contribution in [0.4, 0.5) is 0 Å². The Labute approximate surface area is 192 Å². The summed E-state index contributed by atoms with van der Waals surface area (Å²) in [6.07, 6.45) is -0.315. The maximum absolute atomic E-state index is 6.40. The minimum atomic E-state index is -2.06. The van der Waals surface area contributed by atoms with Crippen LogP contribution in [0.2, 0.25) is 0 Å². The highest BCUT2D eigenvalue weighted by molar-refractivity contribution is 6.75. The van der Waals surface area contributed by atoms with E-state index >= 15 is 0 Å². The fourth-order valence-electron chi connectivity index (χ4n) is 3.22. The van der Waals surface area contributed by atoms with E-state index in [2.05, 4.69) is 0 Å². The molecule has 0 spiro atoms. The zero-order valence-electron chi connectivity index (χ0n) is 18.4. The third kappa shape index (κ3) is 5.21. The molecule has 2 saturated heterocycles. The van der Waals surface area contributed by atoms with E-state index in [1.165, 1.54) is 0 Å². The molecule has 6 nitrogen and oxygen atoms in total. The Morgan fingerprint density at radius 2 is 1.55 bits per heavy atom. The van der Waals surface area contributed by atoms with Crippen LogP contribution < -0.4 is 31.3 Å². The zero-order valence-corrected chi connectivity index (χ0v) is 18.4. The van der Waals surface area contributed by atoms with Gasteiger partial charge in [0.15, 0.2) is 11.5 Å². The second kappa shape index (κ2) is 8.81. The molecule has 12 radical (unpaired) electrons. The predicted molar refractivity (Wildman–Crippen MR) is 125 cm³/mol. The first kappa shape index (κ1) is 24.8. The molecule has 0 unspecified atom stereocenters. The van der Waals surface area contributed by atoms with Gasteiger partial charge in [-0.3, -0.25) is 0 Å². The van der Waals surface area contributed by atoms with Gasteiger partial charge in [0.1, 0.15) is 59.8 Å². The summed E-state index contributed by atoms with van der Waals surface area (Å²) in [4.78, 5) is 0. The van der Waals surface area contributed by atoms with Crippen LogP contribution in [0.3, 0.4) is 0 Å². The summed E-state index contributed by atoms with van der Waals surface area (Å²) >= 11 is 0. The maximum atomic E-state index is 6.40. The van der Waals surface area contributed by atoms with Gasteiger partial charge in [-0.15, -0.1) is 5.46 Å². The van der Waals surface area contributed by atoms with E-state index in [0.717, 1.165) is 0 Å². The molecule has 0 bridgehead atoms. The molecule has 1 aromatic carbocycles. The minimum Gasteiger partial charge on any atom is -0.513 e. The molecule has 1 aromatic rings. The molecular formula is C18H21B7O6. The third-order valence-electron chi connectivity index (χ3n) is 5.63. The summed E-state index contributed by atoms with van der Waals surface area (Å²) < 4.78 is 34.5. The van der Waals surface area contributed by atoms with Gasteiger partial charge in [0, 0.05) is 0 Å². The molecule has 3 rings (SSSR count). The summed E-state index contributed by atoms with van der Waals surface area (Å²) in [6, 6.07) is 0. The molecule has 31 heavy (non-hydrogen) atoms. The summed E-state index contributed by atoms with van der Waals surface area (Å²) in [6.45, 7) is 9.02. The van der Waals surface area contributed by atoms with Crippen molar-refractivity contribution in [3.05, 3.63) is 0 Å². The monoisotopic (exact) mass is 410 g/mol. The van der Waals surface area contributed by atoms with Gasteiger partial charge >= 0.3 is 7.12 Å². The largest absolute Gasteiger partial charge is 0.513 e. The fraction of sp³-hybridized carbons (Fsp3) is 0.667. The highest BCUT2D eigenvalue weighted by atomic mass is 16.7. The van der Waals surface area contributed by atoms with Crippen LogP contribution in [0, 0.1) is 0 Å². The van der Waals surface area contributed by atoms with Gasteiger partial charge in [0.25, 0.3) is 0 Å². The topological polar surface area (TPSA) is 55.4 Å². The molecule has 1 atom stereocenters. The van der Waals surface area contributed by atoms with Crippen LogP contribution in [0.15, 0.2) is 0 Å². The summed E-state index contributed by atoms with van der Waals surface area (Å²) in [5, 5.41) is -2.06. The van der Waals surface area contributed by atoms with Crippen LogP contribution >= 0.6 is 0 Å². The molecular weight excluding hydrogens is 388 g/mol. The average Bonchev–Trinajstić information content (AvgIpc) is 2.86. The first-order chi connectivity index (χ1) is 14.2. The lowest BCUT2D eigenvalue weighted by Crippen LogP contribution is -2.58. The van der Waals surface area contributed by atoms with Gasteiger partial charge in [0.05, 0.1) is 31.0 Å². The molecule has 150 valence electrons. The SMILES string of the molecule is [B]c1c([B])c(B2OC(C)(C)C(C)(C)O2)c([B])c(OC([B])([B])[B])c1OC[C@H]1COCCO1. The van der Waals surface area contributed by atoms with Crippen molar-refractivity contribution in [2.45, 2.75) is 50.3 Å². The van der Waals surface area contributed by atoms with E-state index < -0.39 is 23.6 Å². The van der Waals surface area contributed by atoms with Gasteiger partial charge in [-0.25, -0.2) is 0 Å². The van der Waals surface area contributed by atoms with Crippen molar-refractivity contribution < 1.29 is 28.3 Å². The van der Waals surface area contributed by atoms with E-state index in [-0.39, 0.29) is 46.1 Å². The van der Waals surface area contributed by atoms with Crippen molar-refractivity contribution in [2.24, 2.45) is 0 Å². The van der Waals surface area contributed by atoms with Crippen molar-refractivity contribution in [2.75, 3.05) is 26.4 Å². The Kier molecular flexibility index (Phi) is 7.03. The van der Waals surface area contributed by atoms with Crippen LogP contribution in [-0.2, 0) is 18.8 Å². The standard InChI is InChI=1S/C18H21B7O6/c1-16(2)17(3,4)31-25(30-16)13-10(19)11(20)14(15(12(13)21)29-18(22,23)24)28-8-9-7-26-5-6-27-9/h9H,5-8H2,1-4H3/t9-/m1/s1. The van der Waals surface area contributed by atoms with E-state index in [1.54, 1.807) is 0 Å². The molecule has 2 aliphatic rings. The van der Waals surface area contributed by atoms with Crippen LogP contribution in [0.1, 0.15) is 27.7 Å². The van der Waals surface area contributed by atoms with Crippen molar-refractivity contribution in [1.29, 1.82) is 0 Å². The fourth-order valence-corrected chi connectivity index (χ4v) is 3.22. The van der Waals surface area contributed by atoms with Gasteiger partial charge in [0.2, 0.25) is 0 Å². The minimum absolute atomic E-state index is 0.0340. The Balaban J connectivity index is 2.02. The summed E-state index contributed by atoms with van der Waals surface area (Å²) in [5.74, 6) is -0.0317. The molecule has 0 N–H and O–H groups in total. The van der Waals surface area contributed by atoms with Crippen LogP contribution in [0.25, 0.3) is 0 Å². The predicted octanol–water partition coefficient (Wildman–Crippen LogP) is -3.34. The highest BCUT2D eigenvalue weighted by Gasteiger charge is 2.52.